The molecule has 2 N–H and O–H groups in total. The van der Waals surface area contributed by atoms with Gasteiger partial charge >= 0.3 is 0 Å². The zero-order chi connectivity index (χ0) is 13.1. The van der Waals surface area contributed by atoms with E-state index in [1.54, 1.807) is 14.1 Å². The maximum atomic E-state index is 11.8. The molecule has 2 unspecified atom stereocenters. The van der Waals surface area contributed by atoms with E-state index in [9.17, 15) is 9.59 Å². The quantitative estimate of drug-likeness (QED) is 0.747. The molecule has 5 heteroatoms. The van der Waals surface area contributed by atoms with E-state index in [1.807, 2.05) is 0 Å². The highest BCUT2D eigenvalue weighted by Crippen LogP contribution is 2.32. The molecule has 2 amide bonds. The number of piperidine rings is 1. The molecule has 2 saturated heterocycles. The zero-order valence-electron chi connectivity index (χ0n) is 11.2. The van der Waals surface area contributed by atoms with Crippen LogP contribution in [0.5, 0.6) is 0 Å². The standard InChI is InChI=1S/C13H23N3O2/c1-16(2)13(18)8-14-12(17)7-9-5-10-3-4-11(6-9)15-10/h9-11,15H,3-8H2,1-2H3,(H,14,17). The summed E-state index contributed by atoms with van der Waals surface area (Å²) in [6, 6.07) is 1.23. The first-order chi connectivity index (χ1) is 8.54. The second kappa shape index (κ2) is 5.69. The van der Waals surface area contributed by atoms with E-state index in [1.165, 1.54) is 17.7 Å². The van der Waals surface area contributed by atoms with Crippen LogP contribution in [0.25, 0.3) is 0 Å². The Labute approximate surface area is 108 Å². The molecule has 0 saturated carbocycles. The lowest BCUT2D eigenvalue weighted by Crippen LogP contribution is -2.41. The number of hydrogen-bond acceptors (Lipinski definition) is 3. The lowest BCUT2D eigenvalue weighted by molar-refractivity contribution is -0.131. The van der Waals surface area contributed by atoms with E-state index in [0.29, 0.717) is 24.4 Å². The number of carbonyl (C=O) groups excluding carboxylic acids is 2. The highest BCUT2D eigenvalue weighted by atomic mass is 16.2. The lowest BCUT2D eigenvalue weighted by atomic mass is 9.89. The van der Waals surface area contributed by atoms with Crippen molar-refractivity contribution in [2.75, 3.05) is 20.6 Å². The summed E-state index contributed by atoms with van der Waals surface area (Å²) in [5, 5.41) is 6.28. The number of amides is 2. The van der Waals surface area contributed by atoms with Crippen LogP contribution in [0.15, 0.2) is 0 Å². The number of likely N-dealkylation sites (N-methyl/N-ethyl adjacent to an activating group) is 1. The van der Waals surface area contributed by atoms with Gasteiger partial charge in [-0.25, -0.2) is 0 Å². The number of carbonyl (C=O) groups is 2. The predicted molar refractivity (Wildman–Crippen MR) is 69.0 cm³/mol. The third-order valence-electron chi connectivity index (χ3n) is 3.98. The second-order valence-electron chi connectivity index (χ2n) is 5.74. The largest absolute Gasteiger partial charge is 0.347 e. The minimum Gasteiger partial charge on any atom is -0.347 e. The van der Waals surface area contributed by atoms with Crippen molar-refractivity contribution in [3.63, 3.8) is 0 Å². The van der Waals surface area contributed by atoms with E-state index < -0.39 is 0 Å². The first-order valence-corrected chi connectivity index (χ1v) is 6.77. The van der Waals surface area contributed by atoms with Crippen LogP contribution in [0.4, 0.5) is 0 Å². The number of fused-ring (bicyclic) bond motifs is 2. The summed E-state index contributed by atoms with van der Waals surface area (Å²) in [5.41, 5.74) is 0. The number of rotatable bonds is 4. The monoisotopic (exact) mass is 253 g/mol. The predicted octanol–water partition coefficient (Wildman–Crippen LogP) is 0.112. The second-order valence-corrected chi connectivity index (χ2v) is 5.74. The molecule has 2 aliphatic heterocycles. The highest BCUT2D eigenvalue weighted by molar-refractivity contribution is 5.84. The molecule has 2 heterocycles. The van der Waals surface area contributed by atoms with Crippen molar-refractivity contribution in [1.82, 2.24) is 15.5 Å². The first kappa shape index (κ1) is 13.3. The Morgan fingerprint density at radius 3 is 2.39 bits per heavy atom. The Balaban J connectivity index is 1.70. The molecule has 2 fully saturated rings. The molecule has 2 rings (SSSR count). The molecular formula is C13H23N3O2. The van der Waals surface area contributed by atoms with Crippen LogP contribution < -0.4 is 10.6 Å². The minimum atomic E-state index is -0.0614. The summed E-state index contributed by atoms with van der Waals surface area (Å²) < 4.78 is 0. The van der Waals surface area contributed by atoms with Gasteiger partial charge in [0.25, 0.3) is 0 Å². The zero-order valence-corrected chi connectivity index (χ0v) is 11.2. The third-order valence-corrected chi connectivity index (χ3v) is 3.98. The van der Waals surface area contributed by atoms with Gasteiger partial charge in [0.05, 0.1) is 6.54 Å². The molecule has 2 aliphatic rings. The minimum absolute atomic E-state index is 0.0106. The van der Waals surface area contributed by atoms with Crippen molar-refractivity contribution >= 4 is 11.8 Å². The maximum Gasteiger partial charge on any atom is 0.241 e. The van der Waals surface area contributed by atoms with Gasteiger partial charge in [0.2, 0.25) is 11.8 Å². The summed E-state index contributed by atoms with van der Waals surface area (Å²) in [5.74, 6) is 0.434. The van der Waals surface area contributed by atoms with Crippen molar-refractivity contribution in [2.45, 2.75) is 44.2 Å². The molecule has 0 aromatic rings. The molecule has 102 valence electrons. The molecule has 0 spiro atoms. The van der Waals surface area contributed by atoms with E-state index >= 15 is 0 Å². The van der Waals surface area contributed by atoms with Gasteiger partial charge in [-0.2, -0.15) is 0 Å². The van der Waals surface area contributed by atoms with Crippen molar-refractivity contribution in [2.24, 2.45) is 5.92 Å². The third kappa shape index (κ3) is 3.45. The topological polar surface area (TPSA) is 61.4 Å². The fourth-order valence-electron chi connectivity index (χ4n) is 3.01. The fraction of sp³-hybridized carbons (Fsp3) is 0.846. The van der Waals surface area contributed by atoms with E-state index in [4.69, 9.17) is 0 Å². The van der Waals surface area contributed by atoms with Gasteiger partial charge in [-0.15, -0.1) is 0 Å². The lowest BCUT2D eigenvalue weighted by Gasteiger charge is -2.28. The Kier molecular flexibility index (Phi) is 4.22. The molecule has 0 aromatic heterocycles. The van der Waals surface area contributed by atoms with Crippen LogP contribution in [0, 0.1) is 5.92 Å². The van der Waals surface area contributed by atoms with Gasteiger partial charge < -0.3 is 15.5 Å². The van der Waals surface area contributed by atoms with Gasteiger partial charge in [0.1, 0.15) is 0 Å². The van der Waals surface area contributed by atoms with Crippen LogP contribution in [0.1, 0.15) is 32.1 Å². The molecule has 2 atom stereocenters. The Bertz CT molecular complexity index is 318. The van der Waals surface area contributed by atoms with Gasteiger partial charge in [0.15, 0.2) is 0 Å². The Hall–Kier alpha value is -1.10. The molecule has 5 nitrogen and oxygen atoms in total. The van der Waals surface area contributed by atoms with Crippen LogP contribution in [-0.4, -0.2) is 49.4 Å². The first-order valence-electron chi connectivity index (χ1n) is 6.77. The highest BCUT2D eigenvalue weighted by Gasteiger charge is 2.34. The summed E-state index contributed by atoms with van der Waals surface area (Å²) in [6.45, 7) is 0.115. The number of nitrogens with zero attached hydrogens (tertiary/aromatic N) is 1. The summed E-state index contributed by atoms with van der Waals surface area (Å²) in [7, 11) is 3.39. The molecule has 18 heavy (non-hydrogen) atoms. The summed E-state index contributed by atoms with van der Waals surface area (Å²) in [4.78, 5) is 24.6. The van der Waals surface area contributed by atoms with Crippen LogP contribution in [-0.2, 0) is 9.59 Å². The van der Waals surface area contributed by atoms with E-state index in [2.05, 4.69) is 10.6 Å². The van der Waals surface area contributed by atoms with Crippen molar-refractivity contribution in [1.29, 1.82) is 0 Å². The normalized spacial score (nSPS) is 30.0. The van der Waals surface area contributed by atoms with Gasteiger partial charge in [-0.3, -0.25) is 9.59 Å². The van der Waals surface area contributed by atoms with Crippen LogP contribution in [0.3, 0.4) is 0 Å². The molecule has 0 aliphatic carbocycles. The van der Waals surface area contributed by atoms with E-state index in [-0.39, 0.29) is 18.4 Å². The summed E-state index contributed by atoms with van der Waals surface area (Å²) >= 11 is 0. The smallest absolute Gasteiger partial charge is 0.241 e. The van der Waals surface area contributed by atoms with Crippen molar-refractivity contribution < 1.29 is 9.59 Å². The van der Waals surface area contributed by atoms with Gasteiger partial charge in [0, 0.05) is 32.6 Å². The van der Waals surface area contributed by atoms with Crippen LogP contribution >= 0.6 is 0 Å². The van der Waals surface area contributed by atoms with Gasteiger partial charge in [-0.1, -0.05) is 0 Å². The SMILES string of the molecule is CN(C)C(=O)CNC(=O)CC1CC2CCC(C1)N2. The average Bonchev–Trinajstić information content (AvgIpc) is 2.65. The Morgan fingerprint density at radius 2 is 1.83 bits per heavy atom. The van der Waals surface area contributed by atoms with E-state index in [0.717, 1.165) is 12.8 Å². The summed E-state index contributed by atoms with van der Waals surface area (Å²) in [6.07, 6.45) is 5.27. The average molecular weight is 253 g/mol. The fourth-order valence-corrected chi connectivity index (χ4v) is 3.01. The van der Waals surface area contributed by atoms with Crippen molar-refractivity contribution in [3.8, 4) is 0 Å². The molecule has 0 radical (unpaired) electrons. The molecular weight excluding hydrogens is 230 g/mol. The molecule has 2 bridgehead atoms. The molecule has 0 aromatic carbocycles. The van der Waals surface area contributed by atoms with Gasteiger partial charge in [-0.05, 0) is 31.6 Å². The number of nitrogens with one attached hydrogen (secondary N) is 2. The maximum absolute atomic E-state index is 11.8. The van der Waals surface area contributed by atoms with Crippen molar-refractivity contribution in [3.05, 3.63) is 0 Å². The van der Waals surface area contributed by atoms with Crippen LogP contribution in [0.2, 0.25) is 0 Å². The number of hydrogen-bond donors (Lipinski definition) is 2. The Morgan fingerprint density at radius 1 is 1.22 bits per heavy atom.